The van der Waals surface area contributed by atoms with Crippen molar-refractivity contribution in [2.24, 2.45) is 5.92 Å². The van der Waals surface area contributed by atoms with E-state index in [0.29, 0.717) is 12.0 Å². The van der Waals surface area contributed by atoms with Crippen molar-refractivity contribution in [1.82, 2.24) is 0 Å². The van der Waals surface area contributed by atoms with E-state index in [0.717, 1.165) is 12.8 Å². The fraction of sp³-hybridized carbons (Fsp3) is 0.500. The van der Waals surface area contributed by atoms with Gasteiger partial charge >= 0.3 is 5.97 Å². The number of hydrogen-bond donors (Lipinski definition) is 2. The maximum Gasteiger partial charge on any atom is 0.340 e. The van der Waals surface area contributed by atoms with Gasteiger partial charge in [0.25, 0.3) is 0 Å². The van der Waals surface area contributed by atoms with E-state index in [4.69, 9.17) is 0 Å². The molecule has 2 N–H and O–H groups in total. The highest BCUT2D eigenvalue weighted by Crippen LogP contribution is 2.33. The summed E-state index contributed by atoms with van der Waals surface area (Å²) in [5.74, 6) is -1.48. The molecule has 1 aromatic carbocycles. The van der Waals surface area contributed by atoms with Gasteiger partial charge in [0.2, 0.25) is 0 Å². The highest BCUT2D eigenvalue weighted by Gasteiger charge is 2.42. The second-order valence-corrected chi connectivity index (χ2v) is 4.48. The molecule has 94 valence electrons. The van der Waals surface area contributed by atoms with Crippen LogP contribution < -0.4 is 0 Å². The van der Waals surface area contributed by atoms with Crippen molar-refractivity contribution < 1.29 is 15.0 Å². The van der Waals surface area contributed by atoms with Crippen molar-refractivity contribution in [3.8, 4) is 0 Å². The SMILES string of the molecule is CCCCC(C)C(O)(C(=O)O)c1ccccc1. The summed E-state index contributed by atoms with van der Waals surface area (Å²) in [5, 5.41) is 19.8. The lowest BCUT2D eigenvalue weighted by molar-refractivity contribution is -0.166. The zero-order valence-corrected chi connectivity index (χ0v) is 10.4. The minimum atomic E-state index is -1.78. The molecule has 0 spiro atoms. The Morgan fingerprint density at radius 1 is 1.35 bits per heavy atom. The van der Waals surface area contributed by atoms with Crippen LogP contribution in [0.15, 0.2) is 30.3 Å². The number of hydrogen-bond acceptors (Lipinski definition) is 2. The first-order chi connectivity index (χ1) is 8.03. The molecule has 0 fully saturated rings. The number of rotatable bonds is 6. The van der Waals surface area contributed by atoms with E-state index in [1.54, 1.807) is 31.2 Å². The molecular weight excluding hydrogens is 216 g/mol. The van der Waals surface area contributed by atoms with E-state index in [2.05, 4.69) is 6.92 Å². The van der Waals surface area contributed by atoms with Crippen molar-refractivity contribution in [2.75, 3.05) is 0 Å². The highest BCUT2D eigenvalue weighted by molar-refractivity contribution is 5.79. The van der Waals surface area contributed by atoms with Crippen molar-refractivity contribution in [1.29, 1.82) is 0 Å². The van der Waals surface area contributed by atoms with E-state index in [1.807, 2.05) is 6.07 Å². The van der Waals surface area contributed by atoms with Crippen LogP contribution in [0.1, 0.15) is 38.7 Å². The number of benzene rings is 1. The molecular formula is C14H20O3. The van der Waals surface area contributed by atoms with Crippen molar-refractivity contribution >= 4 is 5.97 Å². The molecule has 3 nitrogen and oxygen atoms in total. The Kier molecular flexibility index (Phi) is 4.70. The maximum absolute atomic E-state index is 11.4. The average Bonchev–Trinajstić information content (AvgIpc) is 2.35. The fourth-order valence-electron chi connectivity index (χ4n) is 2.03. The van der Waals surface area contributed by atoms with Gasteiger partial charge in [-0.1, -0.05) is 57.0 Å². The number of aliphatic hydroxyl groups is 1. The van der Waals surface area contributed by atoms with Crippen LogP contribution in [-0.2, 0) is 10.4 Å². The molecule has 1 rings (SSSR count). The quantitative estimate of drug-likeness (QED) is 0.798. The Bertz CT molecular complexity index is 361. The van der Waals surface area contributed by atoms with E-state index < -0.39 is 11.6 Å². The molecule has 0 saturated carbocycles. The first-order valence-corrected chi connectivity index (χ1v) is 6.04. The summed E-state index contributed by atoms with van der Waals surface area (Å²) in [6.07, 6.45) is 2.62. The third-order valence-corrected chi connectivity index (χ3v) is 3.24. The van der Waals surface area contributed by atoms with Crippen LogP contribution in [-0.4, -0.2) is 16.2 Å². The van der Waals surface area contributed by atoms with Gasteiger partial charge in [0, 0.05) is 5.92 Å². The standard InChI is InChI=1S/C14H20O3/c1-3-4-8-11(2)14(17,13(15)16)12-9-6-5-7-10-12/h5-7,9-11,17H,3-4,8H2,1-2H3,(H,15,16). The molecule has 0 aliphatic carbocycles. The monoisotopic (exact) mass is 236 g/mol. The minimum Gasteiger partial charge on any atom is -0.479 e. The van der Waals surface area contributed by atoms with Gasteiger partial charge in [0.1, 0.15) is 0 Å². The topological polar surface area (TPSA) is 57.5 Å². The molecule has 0 aliphatic rings. The molecule has 17 heavy (non-hydrogen) atoms. The van der Waals surface area contributed by atoms with Crippen LogP contribution in [0.4, 0.5) is 0 Å². The molecule has 0 heterocycles. The van der Waals surface area contributed by atoms with E-state index in [9.17, 15) is 15.0 Å². The number of aliphatic carboxylic acids is 1. The van der Waals surface area contributed by atoms with Gasteiger partial charge in [-0.15, -0.1) is 0 Å². The van der Waals surface area contributed by atoms with Gasteiger partial charge in [0.05, 0.1) is 0 Å². The smallest absolute Gasteiger partial charge is 0.340 e. The Hall–Kier alpha value is -1.35. The van der Waals surface area contributed by atoms with Gasteiger partial charge in [0.15, 0.2) is 5.60 Å². The predicted octanol–water partition coefficient (Wildman–Crippen LogP) is 2.79. The fourth-order valence-corrected chi connectivity index (χ4v) is 2.03. The van der Waals surface area contributed by atoms with Gasteiger partial charge in [-0.05, 0) is 12.0 Å². The Balaban J connectivity index is 3.01. The van der Waals surface area contributed by atoms with Crippen molar-refractivity contribution in [2.45, 2.75) is 38.7 Å². The lowest BCUT2D eigenvalue weighted by Crippen LogP contribution is -2.41. The first kappa shape index (κ1) is 13.7. The number of carboxylic acids is 1. The van der Waals surface area contributed by atoms with Crippen LogP contribution in [0.2, 0.25) is 0 Å². The Labute approximate surface area is 102 Å². The van der Waals surface area contributed by atoms with Gasteiger partial charge in [-0.2, -0.15) is 0 Å². The van der Waals surface area contributed by atoms with Crippen molar-refractivity contribution in [3.05, 3.63) is 35.9 Å². The lowest BCUT2D eigenvalue weighted by atomic mass is 9.80. The average molecular weight is 236 g/mol. The molecule has 0 bridgehead atoms. The summed E-state index contributed by atoms with van der Waals surface area (Å²) >= 11 is 0. The Morgan fingerprint density at radius 2 is 1.94 bits per heavy atom. The summed E-state index contributed by atoms with van der Waals surface area (Å²) in [7, 11) is 0. The third kappa shape index (κ3) is 2.86. The predicted molar refractivity (Wildman–Crippen MR) is 66.7 cm³/mol. The molecule has 0 saturated heterocycles. The van der Waals surface area contributed by atoms with Crippen molar-refractivity contribution in [3.63, 3.8) is 0 Å². The summed E-state index contributed by atoms with van der Waals surface area (Å²) in [4.78, 5) is 11.4. The molecule has 2 atom stereocenters. The van der Waals surface area contributed by atoms with Gasteiger partial charge in [-0.25, -0.2) is 4.79 Å². The number of carboxylic acid groups (broad SMARTS) is 1. The van der Waals surface area contributed by atoms with Crippen LogP contribution in [0.3, 0.4) is 0 Å². The lowest BCUT2D eigenvalue weighted by Gasteiger charge is -2.30. The molecule has 2 unspecified atom stereocenters. The highest BCUT2D eigenvalue weighted by atomic mass is 16.4. The zero-order valence-electron chi connectivity index (χ0n) is 10.4. The zero-order chi connectivity index (χ0) is 12.9. The summed E-state index contributed by atoms with van der Waals surface area (Å²) in [5.41, 5.74) is -1.33. The largest absolute Gasteiger partial charge is 0.479 e. The molecule has 0 aromatic heterocycles. The van der Waals surface area contributed by atoms with Crippen LogP contribution in [0.25, 0.3) is 0 Å². The molecule has 0 amide bonds. The summed E-state index contributed by atoms with van der Waals surface area (Å²) in [6, 6.07) is 8.63. The van der Waals surface area contributed by atoms with Gasteiger partial charge < -0.3 is 10.2 Å². The number of carbonyl (C=O) groups is 1. The maximum atomic E-state index is 11.4. The summed E-state index contributed by atoms with van der Waals surface area (Å²) < 4.78 is 0. The minimum absolute atomic E-state index is 0.303. The molecule has 0 aliphatic heterocycles. The van der Waals surface area contributed by atoms with E-state index in [1.165, 1.54) is 0 Å². The molecule has 1 aromatic rings. The normalized spacial score (nSPS) is 16.2. The van der Waals surface area contributed by atoms with E-state index >= 15 is 0 Å². The third-order valence-electron chi connectivity index (χ3n) is 3.24. The molecule has 0 radical (unpaired) electrons. The summed E-state index contributed by atoms with van der Waals surface area (Å²) in [6.45, 7) is 3.84. The van der Waals surface area contributed by atoms with Gasteiger partial charge in [-0.3, -0.25) is 0 Å². The molecule has 3 heteroatoms. The second kappa shape index (κ2) is 5.82. The van der Waals surface area contributed by atoms with Crippen LogP contribution >= 0.6 is 0 Å². The van der Waals surface area contributed by atoms with Crippen LogP contribution in [0, 0.1) is 5.92 Å². The number of unbranched alkanes of at least 4 members (excludes halogenated alkanes) is 1. The van der Waals surface area contributed by atoms with E-state index in [-0.39, 0.29) is 5.92 Å². The first-order valence-electron chi connectivity index (χ1n) is 6.04. The Morgan fingerprint density at radius 3 is 2.41 bits per heavy atom. The second-order valence-electron chi connectivity index (χ2n) is 4.48. The van der Waals surface area contributed by atoms with Crippen LogP contribution in [0.5, 0.6) is 0 Å².